The fourth-order valence-corrected chi connectivity index (χ4v) is 4.29. The molecule has 0 aromatic heterocycles. The summed E-state index contributed by atoms with van der Waals surface area (Å²) in [6.45, 7) is 8.92. The van der Waals surface area contributed by atoms with Gasteiger partial charge in [-0.05, 0) is 28.2 Å². The predicted octanol–water partition coefficient (Wildman–Crippen LogP) is 7.04. The summed E-state index contributed by atoms with van der Waals surface area (Å²) in [6, 6.07) is 31.0. The van der Waals surface area contributed by atoms with E-state index in [2.05, 4.69) is 57.2 Å². The van der Waals surface area contributed by atoms with Gasteiger partial charge in [-0.1, -0.05) is 119 Å². The molecular weight excluding hydrogens is 412 g/mol. The highest BCUT2D eigenvalue weighted by molar-refractivity contribution is 8.03. The lowest BCUT2D eigenvalue weighted by Gasteiger charge is -2.37. The van der Waals surface area contributed by atoms with E-state index >= 15 is 0 Å². The van der Waals surface area contributed by atoms with Gasteiger partial charge in [0.2, 0.25) is 0 Å². The Labute approximate surface area is 197 Å². The maximum Gasteiger partial charge on any atom is 0.143 e. The highest BCUT2D eigenvalue weighted by Crippen LogP contribution is 2.40. The summed E-state index contributed by atoms with van der Waals surface area (Å²) in [7, 11) is 0. The molecule has 0 saturated heterocycles. The maximum absolute atomic E-state index is 10.7. The lowest BCUT2D eigenvalue weighted by atomic mass is 9.80. The minimum Gasteiger partial charge on any atom is -0.389 e. The number of hydrogen-bond donors (Lipinski definition) is 1. The van der Waals surface area contributed by atoms with E-state index in [0.717, 1.165) is 16.7 Å². The second kappa shape index (κ2) is 11.0. The van der Waals surface area contributed by atoms with Crippen LogP contribution in [0.3, 0.4) is 0 Å². The Morgan fingerprint density at radius 2 is 1.19 bits per heavy atom. The van der Waals surface area contributed by atoms with Crippen LogP contribution in [0.1, 0.15) is 44.4 Å². The van der Waals surface area contributed by atoms with Crippen molar-refractivity contribution in [3.63, 3.8) is 0 Å². The van der Waals surface area contributed by atoms with Gasteiger partial charge in [-0.15, -0.1) is 11.8 Å². The van der Waals surface area contributed by atoms with E-state index < -0.39 is 11.7 Å². The van der Waals surface area contributed by atoms with Gasteiger partial charge in [0.05, 0.1) is 12.7 Å². The molecular formula is C29H34O2S. The van der Waals surface area contributed by atoms with Crippen molar-refractivity contribution in [1.29, 1.82) is 0 Å². The van der Waals surface area contributed by atoms with Crippen LogP contribution in [0, 0.1) is 5.92 Å². The van der Waals surface area contributed by atoms with E-state index in [4.69, 9.17) is 4.74 Å². The standard InChI is InChI=1S/C29H34O2S/c1-23(27(30)20-21-32-28(2,3)4)22-31-29(24-14-8-5-9-15-24,25-16-10-6-11-17-25)26-18-12-7-13-19-26/h5-21,23,27,30H,22H2,1-4H3/b21-20+/t23-,27-/m0/s1. The van der Waals surface area contributed by atoms with Crippen molar-refractivity contribution in [2.45, 2.75) is 44.1 Å². The Morgan fingerprint density at radius 3 is 1.56 bits per heavy atom. The molecule has 32 heavy (non-hydrogen) atoms. The maximum atomic E-state index is 10.7. The SMILES string of the molecule is C[C@@H](COC(c1ccccc1)(c1ccccc1)c1ccccc1)[C@@H](O)/C=C/SC(C)(C)C. The van der Waals surface area contributed by atoms with E-state index in [1.165, 1.54) is 0 Å². The molecule has 0 heterocycles. The molecule has 3 aromatic rings. The van der Waals surface area contributed by atoms with E-state index in [9.17, 15) is 5.11 Å². The van der Waals surface area contributed by atoms with Gasteiger partial charge in [0, 0.05) is 10.7 Å². The largest absolute Gasteiger partial charge is 0.389 e. The van der Waals surface area contributed by atoms with Gasteiger partial charge in [-0.25, -0.2) is 0 Å². The van der Waals surface area contributed by atoms with Crippen molar-refractivity contribution in [3.05, 3.63) is 119 Å². The van der Waals surface area contributed by atoms with Gasteiger partial charge >= 0.3 is 0 Å². The molecule has 3 rings (SSSR count). The molecule has 2 atom stereocenters. The summed E-state index contributed by atoms with van der Waals surface area (Å²) in [4.78, 5) is 0. The predicted molar refractivity (Wildman–Crippen MR) is 137 cm³/mol. The summed E-state index contributed by atoms with van der Waals surface area (Å²) in [5.41, 5.74) is 2.44. The molecule has 1 N–H and O–H groups in total. The van der Waals surface area contributed by atoms with Crippen LogP contribution in [0.5, 0.6) is 0 Å². The van der Waals surface area contributed by atoms with Crippen molar-refractivity contribution in [2.24, 2.45) is 5.92 Å². The van der Waals surface area contributed by atoms with Gasteiger partial charge in [-0.3, -0.25) is 0 Å². The molecule has 0 bridgehead atoms. The van der Waals surface area contributed by atoms with E-state index in [1.807, 2.05) is 73.0 Å². The van der Waals surface area contributed by atoms with Crippen molar-refractivity contribution in [2.75, 3.05) is 6.61 Å². The Morgan fingerprint density at radius 1 is 0.781 bits per heavy atom. The third-order valence-electron chi connectivity index (χ3n) is 5.38. The van der Waals surface area contributed by atoms with E-state index in [1.54, 1.807) is 11.8 Å². The number of hydrogen-bond acceptors (Lipinski definition) is 3. The molecule has 168 valence electrons. The van der Waals surface area contributed by atoms with Crippen molar-refractivity contribution in [3.8, 4) is 0 Å². The number of aliphatic hydroxyl groups excluding tert-OH is 1. The first-order valence-corrected chi connectivity index (χ1v) is 12.0. The van der Waals surface area contributed by atoms with Crippen molar-refractivity contribution < 1.29 is 9.84 Å². The topological polar surface area (TPSA) is 29.5 Å². The second-order valence-corrected chi connectivity index (χ2v) is 10.8. The first-order chi connectivity index (χ1) is 15.3. The average molecular weight is 447 g/mol. The smallest absolute Gasteiger partial charge is 0.143 e. The molecule has 2 nitrogen and oxygen atoms in total. The minimum absolute atomic E-state index is 0.0673. The molecule has 0 radical (unpaired) electrons. The Hall–Kier alpha value is -2.33. The van der Waals surface area contributed by atoms with Crippen LogP contribution in [0.15, 0.2) is 102 Å². The molecule has 0 amide bonds. The van der Waals surface area contributed by atoms with Gasteiger partial charge < -0.3 is 9.84 Å². The summed E-state index contributed by atoms with van der Waals surface area (Å²) in [5, 5.41) is 12.7. The summed E-state index contributed by atoms with van der Waals surface area (Å²) < 4.78 is 6.94. The summed E-state index contributed by atoms with van der Waals surface area (Å²) in [6.07, 6.45) is 1.30. The number of benzene rings is 3. The molecule has 0 fully saturated rings. The number of thioether (sulfide) groups is 1. The lowest BCUT2D eigenvalue weighted by Crippen LogP contribution is -2.36. The fourth-order valence-electron chi connectivity index (χ4n) is 3.64. The van der Waals surface area contributed by atoms with Crippen LogP contribution in [0.25, 0.3) is 0 Å². The third-order valence-corrected chi connectivity index (χ3v) is 6.38. The Bertz CT molecular complexity index is 866. The molecule has 3 heteroatoms. The quantitative estimate of drug-likeness (QED) is 0.358. The van der Waals surface area contributed by atoms with Crippen LogP contribution < -0.4 is 0 Å². The molecule has 0 unspecified atom stereocenters. The van der Waals surface area contributed by atoms with Crippen molar-refractivity contribution in [1.82, 2.24) is 0 Å². The van der Waals surface area contributed by atoms with Gasteiger partial charge in [0.1, 0.15) is 5.60 Å². The van der Waals surface area contributed by atoms with Crippen molar-refractivity contribution >= 4 is 11.8 Å². The van der Waals surface area contributed by atoms with Crippen LogP contribution in [-0.4, -0.2) is 22.6 Å². The zero-order valence-corrected chi connectivity index (χ0v) is 20.3. The van der Waals surface area contributed by atoms with Crippen LogP contribution in [0.4, 0.5) is 0 Å². The normalized spacial score (nSPS) is 14.4. The zero-order valence-electron chi connectivity index (χ0n) is 19.4. The van der Waals surface area contributed by atoms with Crippen LogP contribution in [0.2, 0.25) is 0 Å². The van der Waals surface area contributed by atoms with Gasteiger partial charge in [0.25, 0.3) is 0 Å². The summed E-state index contributed by atoms with van der Waals surface area (Å²) >= 11 is 1.71. The monoisotopic (exact) mass is 446 g/mol. The van der Waals surface area contributed by atoms with Crippen LogP contribution in [-0.2, 0) is 10.3 Å². The third kappa shape index (κ3) is 6.13. The lowest BCUT2D eigenvalue weighted by molar-refractivity contribution is -0.0246. The van der Waals surface area contributed by atoms with Crippen LogP contribution >= 0.6 is 11.8 Å². The number of ether oxygens (including phenoxy) is 1. The second-order valence-electron chi connectivity index (χ2n) is 9.12. The molecule has 3 aromatic carbocycles. The first-order valence-electron chi connectivity index (χ1n) is 11.2. The molecule has 0 spiro atoms. The summed E-state index contributed by atoms with van der Waals surface area (Å²) in [5.74, 6) is -0.0673. The number of rotatable bonds is 9. The van der Waals surface area contributed by atoms with E-state index in [-0.39, 0.29) is 10.7 Å². The number of aliphatic hydroxyl groups is 1. The highest BCUT2D eigenvalue weighted by Gasteiger charge is 2.38. The Kier molecular flexibility index (Phi) is 8.36. The zero-order chi connectivity index (χ0) is 23.0. The first kappa shape index (κ1) is 24.3. The fraction of sp³-hybridized carbons (Fsp3) is 0.310. The molecule has 0 aliphatic heterocycles. The van der Waals surface area contributed by atoms with E-state index in [0.29, 0.717) is 6.61 Å². The van der Waals surface area contributed by atoms with Gasteiger partial charge in [0.15, 0.2) is 0 Å². The highest BCUT2D eigenvalue weighted by atomic mass is 32.2. The molecule has 0 aliphatic rings. The molecule has 0 saturated carbocycles. The van der Waals surface area contributed by atoms with Gasteiger partial charge in [-0.2, -0.15) is 0 Å². The Balaban J connectivity index is 1.95. The molecule has 0 aliphatic carbocycles. The average Bonchev–Trinajstić information content (AvgIpc) is 2.80. The minimum atomic E-state index is -0.762.